The molecular weight excluding hydrogens is 408 g/mol. The van der Waals surface area contributed by atoms with Crippen molar-refractivity contribution >= 4 is 49.7 Å². The van der Waals surface area contributed by atoms with Gasteiger partial charge in [-0.3, -0.25) is 0 Å². The van der Waals surface area contributed by atoms with Gasteiger partial charge in [0.05, 0.1) is 27.9 Å². The number of carbonyl (C=O) groups is 2. The maximum atomic E-state index is 10.1. The van der Waals surface area contributed by atoms with Crippen molar-refractivity contribution in [3.8, 4) is 0 Å². The van der Waals surface area contributed by atoms with Gasteiger partial charge in [0.2, 0.25) is 0 Å². The molecule has 0 unspecified atom stereocenters. The van der Waals surface area contributed by atoms with E-state index in [1.165, 1.54) is 0 Å². The van der Waals surface area contributed by atoms with Crippen LogP contribution in [-0.4, -0.2) is 163 Å². The fourth-order valence-corrected chi connectivity index (χ4v) is 1.20. The van der Waals surface area contributed by atoms with Crippen molar-refractivity contribution in [2.24, 2.45) is 0 Å². The Morgan fingerprint density at radius 3 is 1.04 bits per heavy atom. The third-order valence-electron chi connectivity index (χ3n) is 2.79. The molecule has 0 saturated heterocycles. The molecule has 0 bridgehead atoms. The van der Waals surface area contributed by atoms with Crippen molar-refractivity contribution in [1.29, 1.82) is 0 Å². The average molecular weight is 432 g/mol. The van der Waals surface area contributed by atoms with Crippen LogP contribution in [0.3, 0.4) is 0 Å². The number of aliphatic hydroxyl groups is 10. The van der Waals surface area contributed by atoms with E-state index in [-0.39, 0.29) is 37.7 Å². The molecule has 0 amide bonds. The predicted octanol–water partition coefficient (Wildman–Crippen LogP) is -10.0. The first-order chi connectivity index (χ1) is 12.5. The van der Waals surface area contributed by atoms with Gasteiger partial charge in [0, 0.05) is 0 Å². The first-order valence-corrected chi connectivity index (χ1v) is 6.67. The van der Waals surface area contributed by atoms with Gasteiger partial charge in [0.1, 0.15) is 48.8 Å². The first kappa shape index (κ1) is 26.8. The van der Waals surface area contributed by atoms with E-state index < -0.39 is 73.9 Å². The van der Waals surface area contributed by atoms with E-state index in [4.69, 9.17) is 53.8 Å². The van der Waals surface area contributed by atoms with Crippen molar-refractivity contribution in [2.75, 3.05) is 13.2 Å². The first-order valence-electron chi connectivity index (χ1n) is 7.67. The van der Waals surface area contributed by atoms with Crippen LogP contribution >= 0.6 is 0 Å². The van der Waals surface area contributed by atoms with Gasteiger partial charge in [-0.15, -0.1) is 0 Å². The summed E-state index contributed by atoms with van der Waals surface area (Å²) in [6.45, 7) is -1.91. The second-order valence-electron chi connectivity index (χ2n) is 4.72. The van der Waals surface area contributed by atoms with Gasteiger partial charge in [0.25, 0.3) is 0 Å². The van der Waals surface area contributed by atoms with E-state index in [9.17, 15) is 19.8 Å². The average Bonchev–Trinajstić information content (AvgIpc) is 2.63. The normalized spacial score (nSPS) is 23.0. The zero-order chi connectivity index (χ0) is 23.0. The fraction of sp³-hybridized carbons (Fsp3) is 0.833. The Morgan fingerprint density at radius 2 is 0.889 bits per heavy atom. The second-order valence-corrected chi connectivity index (χ2v) is 4.72. The quantitative estimate of drug-likeness (QED) is 0.143. The molecule has 0 aromatic rings. The van der Waals surface area contributed by atoms with Crippen molar-refractivity contribution in [2.45, 2.75) is 48.8 Å². The van der Waals surface area contributed by atoms with Crippen LogP contribution < -0.4 is 10.2 Å². The number of hydrogen-bond donors (Lipinski definition) is 10. The number of aliphatic carboxylic acids is 2. The summed E-state index contributed by atoms with van der Waals surface area (Å²) in [5.74, 6) is -4.65. The van der Waals surface area contributed by atoms with Crippen LogP contribution in [0.1, 0.15) is 2.74 Å². The molecule has 10 N–H and O–H groups in total. The van der Waals surface area contributed by atoms with E-state index >= 15 is 0 Å². The summed E-state index contributed by atoms with van der Waals surface area (Å²) in [6.07, 6.45) is -19.9. The molecule has 15 heteroatoms. The molecule has 8 atom stereocenters. The van der Waals surface area contributed by atoms with E-state index in [0.29, 0.717) is 0 Å². The van der Waals surface area contributed by atoms with Crippen LogP contribution in [-0.2, 0) is 9.59 Å². The van der Waals surface area contributed by atoms with E-state index in [1.54, 1.807) is 0 Å². The molecule has 0 spiro atoms. The van der Waals surface area contributed by atoms with Gasteiger partial charge in [-0.05, 0) is 0 Å². The monoisotopic (exact) mass is 432 g/mol. The minimum Gasteiger partial charge on any atom is -0.547 e. The Morgan fingerprint density at radius 1 is 0.667 bits per heavy atom. The molecule has 156 valence electrons. The zero-order valence-electron chi connectivity index (χ0n) is 15.7. The van der Waals surface area contributed by atoms with E-state index in [0.717, 1.165) is 0 Å². The number of carboxylic acids is 2. The van der Waals surface area contributed by atoms with Gasteiger partial charge < -0.3 is 70.9 Å². The molecule has 0 aliphatic heterocycles. The van der Waals surface area contributed by atoms with Gasteiger partial charge in [-0.1, -0.05) is 0 Å². The maximum absolute atomic E-state index is 10.1. The van der Waals surface area contributed by atoms with Crippen molar-refractivity contribution in [3.63, 3.8) is 0 Å². The third-order valence-corrected chi connectivity index (χ3v) is 2.79. The topological polar surface area (TPSA) is 283 Å². The van der Waals surface area contributed by atoms with Gasteiger partial charge in [0.15, 0.2) is 0 Å². The predicted molar refractivity (Wildman–Crippen MR) is 78.0 cm³/mol. The van der Waals surface area contributed by atoms with Gasteiger partial charge >= 0.3 is 37.7 Å². The number of carbonyl (C=O) groups excluding carboxylic acids is 2. The number of hydrogen-bond acceptors (Lipinski definition) is 14. The van der Waals surface area contributed by atoms with Gasteiger partial charge in [-0.2, -0.15) is 0 Å². The number of carboxylic acid groups (broad SMARTS) is 2. The molecule has 0 rings (SSSR count). The SMILES string of the molecule is [2H][C@](O)(C(=O)[O-])[C@@H](O)[C@H](O)[C@H](O)CO.[2H][C@](O)(C(=O)[O-])[C@@H](O)[C@H](O)[C@H](O)CO.[Ca+2]. The van der Waals surface area contributed by atoms with Gasteiger partial charge in [-0.25, -0.2) is 0 Å². The Hall–Kier alpha value is -0.200. The van der Waals surface area contributed by atoms with Crippen LogP contribution in [0.4, 0.5) is 0 Å². The van der Waals surface area contributed by atoms with Crippen molar-refractivity contribution in [3.05, 3.63) is 0 Å². The van der Waals surface area contributed by atoms with Crippen LogP contribution in [0.15, 0.2) is 0 Å². The van der Waals surface area contributed by atoms with Crippen molar-refractivity contribution in [1.82, 2.24) is 0 Å². The van der Waals surface area contributed by atoms with Crippen LogP contribution in [0.2, 0.25) is 0 Å². The number of aliphatic hydroxyl groups excluding tert-OH is 8. The molecular formula is C12H22CaO14. The molecule has 0 saturated carbocycles. The summed E-state index contributed by atoms with van der Waals surface area (Å²) in [7, 11) is 0. The van der Waals surface area contributed by atoms with Crippen molar-refractivity contribution < 1.29 is 73.6 Å². The molecule has 0 radical (unpaired) electrons. The molecule has 14 nitrogen and oxygen atoms in total. The molecule has 0 aliphatic carbocycles. The summed E-state index contributed by atoms with van der Waals surface area (Å²) >= 11 is 0. The summed E-state index contributed by atoms with van der Waals surface area (Å²) in [5, 5.41) is 108. The summed E-state index contributed by atoms with van der Waals surface area (Å²) in [4.78, 5) is 20.2. The minimum absolute atomic E-state index is 0. The minimum atomic E-state index is -3.45. The Balaban J connectivity index is -0.000000451. The molecule has 0 aliphatic rings. The van der Waals surface area contributed by atoms with Crippen LogP contribution in [0.5, 0.6) is 0 Å². The number of rotatable bonds is 10. The molecule has 0 heterocycles. The zero-order valence-corrected chi connectivity index (χ0v) is 15.9. The van der Waals surface area contributed by atoms with E-state index in [1.807, 2.05) is 0 Å². The molecule has 27 heavy (non-hydrogen) atoms. The Kier molecular flexibility index (Phi) is 15.6. The Bertz CT molecular complexity index is 463. The molecule has 0 fully saturated rings. The van der Waals surface area contributed by atoms with Crippen LogP contribution in [0, 0.1) is 0 Å². The Labute approximate surface area is 185 Å². The van der Waals surface area contributed by atoms with E-state index in [2.05, 4.69) is 0 Å². The summed E-state index contributed by atoms with van der Waals surface area (Å²) in [5.41, 5.74) is 0. The maximum Gasteiger partial charge on any atom is 2.00 e. The molecule has 0 aromatic carbocycles. The fourth-order valence-electron chi connectivity index (χ4n) is 1.20. The smallest absolute Gasteiger partial charge is 0.547 e. The third kappa shape index (κ3) is 11.4. The molecule has 0 aromatic heterocycles. The second kappa shape index (κ2) is 15.7. The standard InChI is InChI=1S/2C6H12O7.Ca/c2*7-1-2(8)3(9)4(10)5(11)6(12)13;/h2*2-5,7-11H,1H2,(H,12,13);/q;;+2/p-2/t2*2-,3-,4+,5-;/m11./s1/i2*5D;. The largest absolute Gasteiger partial charge is 2.00 e. The summed E-state index contributed by atoms with van der Waals surface area (Å²) in [6, 6.07) is 0. The van der Waals surface area contributed by atoms with Crippen LogP contribution in [0.25, 0.3) is 0 Å². The summed E-state index contributed by atoms with van der Waals surface area (Å²) < 4.78 is 13.4.